The lowest BCUT2D eigenvalue weighted by atomic mass is 10.1. The predicted molar refractivity (Wildman–Crippen MR) is 87.1 cm³/mol. The van der Waals surface area contributed by atoms with E-state index in [1.807, 2.05) is 37.7 Å². The number of carbonyl (C=O) groups is 1. The molecular weight excluding hydrogens is 288 g/mol. The summed E-state index contributed by atoms with van der Waals surface area (Å²) in [6, 6.07) is 6.27. The SMILES string of the molecule is CN(C)C(CNC(=O)/C=C/c1cccs1)c1ccsc1. The first-order chi connectivity index (χ1) is 9.66. The highest BCUT2D eigenvalue weighted by molar-refractivity contribution is 7.10. The second-order valence-corrected chi connectivity index (χ2v) is 6.39. The van der Waals surface area contributed by atoms with Crippen LogP contribution in [0, 0.1) is 0 Å². The van der Waals surface area contributed by atoms with Crippen molar-refractivity contribution >= 4 is 34.7 Å². The molecule has 0 aliphatic rings. The van der Waals surface area contributed by atoms with E-state index in [-0.39, 0.29) is 11.9 Å². The minimum absolute atomic E-state index is 0.0551. The second-order valence-electron chi connectivity index (χ2n) is 4.63. The summed E-state index contributed by atoms with van der Waals surface area (Å²) in [6.45, 7) is 0.608. The summed E-state index contributed by atoms with van der Waals surface area (Å²) in [5.74, 6) is -0.0551. The summed E-state index contributed by atoms with van der Waals surface area (Å²) in [7, 11) is 4.05. The highest BCUT2D eigenvalue weighted by atomic mass is 32.1. The fraction of sp³-hybridized carbons (Fsp3) is 0.267. The van der Waals surface area contributed by atoms with Gasteiger partial charge in [-0.3, -0.25) is 4.79 Å². The Morgan fingerprint density at radius 2 is 2.25 bits per heavy atom. The summed E-state index contributed by atoms with van der Waals surface area (Å²) in [4.78, 5) is 15.0. The first kappa shape index (κ1) is 15.0. The third kappa shape index (κ3) is 4.30. The van der Waals surface area contributed by atoms with Gasteiger partial charge < -0.3 is 10.2 Å². The second kappa shape index (κ2) is 7.38. The van der Waals surface area contributed by atoms with Crippen LogP contribution in [0.4, 0.5) is 0 Å². The maximum absolute atomic E-state index is 11.8. The van der Waals surface area contributed by atoms with Gasteiger partial charge in [0, 0.05) is 17.5 Å². The van der Waals surface area contributed by atoms with Crippen molar-refractivity contribution in [2.75, 3.05) is 20.6 Å². The van der Waals surface area contributed by atoms with E-state index in [1.54, 1.807) is 28.7 Å². The van der Waals surface area contributed by atoms with Crippen LogP contribution < -0.4 is 5.32 Å². The summed E-state index contributed by atoms with van der Waals surface area (Å²) < 4.78 is 0. The number of nitrogens with zero attached hydrogens (tertiary/aromatic N) is 1. The molecule has 0 aliphatic carbocycles. The average molecular weight is 306 g/mol. The van der Waals surface area contributed by atoms with Gasteiger partial charge in [0.15, 0.2) is 0 Å². The van der Waals surface area contributed by atoms with Crippen molar-refractivity contribution in [2.45, 2.75) is 6.04 Å². The topological polar surface area (TPSA) is 32.3 Å². The zero-order valence-electron chi connectivity index (χ0n) is 11.6. The zero-order chi connectivity index (χ0) is 14.4. The standard InChI is InChI=1S/C15H18N2OS2/c1-17(2)14(12-7-9-19-11-12)10-16-15(18)6-5-13-4-3-8-20-13/h3-9,11,14H,10H2,1-2H3,(H,16,18)/b6-5+. The van der Waals surface area contributed by atoms with E-state index in [2.05, 4.69) is 27.0 Å². The van der Waals surface area contributed by atoms with E-state index in [9.17, 15) is 4.79 Å². The molecule has 3 nitrogen and oxygen atoms in total. The highest BCUT2D eigenvalue weighted by Gasteiger charge is 2.14. The summed E-state index contributed by atoms with van der Waals surface area (Å²) in [6.07, 6.45) is 3.43. The lowest BCUT2D eigenvalue weighted by Crippen LogP contribution is -2.33. The fourth-order valence-electron chi connectivity index (χ4n) is 1.86. The third-order valence-electron chi connectivity index (χ3n) is 2.96. The number of carbonyl (C=O) groups excluding carboxylic acids is 1. The van der Waals surface area contributed by atoms with Crippen molar-refractivity contribution in [2.24, 2.45) is 0 Å². The maximum atomic E-state index is 11.8. The van der Waals surface area contributed by atoms with Gasteiger partial charge in [0.1, 0.15) is 0 Å². The van der Waals surface area contributed by atoms with Crippen LogP contribution in [0.5, 0.6) is 0 Å². The number of amides is 1. The molecular formula is C15H18N2OS2. The van der Waals surface area contributed by atoms with E-state index < -0.39 is 0 Å². The van der Waals surface area contributed by atoms with Crippen LogP contribution in [0.2, 0.25) is 0 Å². The molecule has 2 aromatic rings. The molecule has 5 heteroatoms. The lowest BCUT2D eigenvalue weighted by Gasteiger charge is -2.23. The van der Waals surface area contributed by atoms with Crippen molar-refractivity contribution < 1.29 is 4.79 Å². The molecule has 0 saturated carbocycles. The molecule has 0 aromatic carbocycles. The molecule has 20 heavy (non-hydrogen) atoms. The Morgan fingerprint density at radius 1 is 1.40 bits per heavy atom. The summed E-state index contributed by atoms with van der Waals surface area (Å²) in [5, 5.41) is 9.14. The van der Waals surface area contributed by atoms with Crippen LogP contribution in [-0.2, 0) is 4.79 Å². The Bertz CT molecular complexity index is 544. The Labute approximate surface area is 127 Å². The molecule has 1 amide bonds. The monoisotopic (exact) mass is 306 g/mol. The minimum atomic E-state index is -0.0551. The van der Waals surface area contributed by atoms with Crippen LogP contribution in [0.1, 0.15) is 16.5 Å². The maximum Gasteiger partial charge on any atom is 0.244 e. The number of hydrogen-bond donors (Lipinski definition) is 1. The quantitative estimate of drug-likeness (QED) is 0.831. The van der Waals surface area contributed by atoms with Gasteiger partial charge in [-0.1, -0.05) is 6.07 Å². The van der Waals surface area contributed by atoms with Crippen LogP contribution in [0.15, 0.2) is 40.4 Å². The fourth-order valence-corrected chi connectivity index (χ4v) is 3.19. The average Bonchev–Trinajstić information content (AvgIpc) is 3.09. The predicted octanol–water partition coefficient (Wildman–Crippen LogP) is 3.24. The van der Waals surface area contributed by atoms with Crippen LogP contribution >= 0.6 is 22.7 Å². The van der Waals surface area contributed by atoms with Gasteiger partial charge in [-0.25, -0.2) is 0 Å². The van der Waals surface area contributed by atoms with Crippen molar-refractivity contribution in [3.05, 3.63) is 50.9 Å². The molecule has 0 spiro atoms. The molecule has 0 fully saturated rings. The van der Waals surface area contributed by atoms with Crippen molar-refractivity contribution in [3.8, 4) is 0 Å². The van der Waals surface area contributed by atoms with Gasteiger partial charge in [0.05, 0.1) is 6.04 Å². The molecule has 0 bridgehead atoms. The first-order valence-corrected chi connectivity index (χ1v) is 8.17. The molecule has 2 heterocycles. The summed E-state index contributed by atoms with van der Waals surface area (Å²) >= 11 is 3.29. The van der Waals surface area contributed by atoms with Crippen LogP contribution in [0.3, 0.4) is 0 Å². The van der Waals surface area contributed by atoms with Gasteiger partial charge in [-0.15, -0.1) is 11.3 Å². The third-order valence-corrected chi connectivity index (χ3v) is 4.50. The molecule has 106 valence electrons. The van der Waals surface area contributed by atoms with E-state index in [0.29, 0.717) is 6.54 Å². The van der Waals surface area contributed by atoms with Gasteiger partial charge in [-0.2, -0.15) is 11.3 Å². The minimum Gasteiger partial charge on any atom is -0.351 e. The van der Waals surface area contributed by atoms with E-state index >= 15 is 0 Å². The van der Waals surface area contributed by atoms with E-state index in [1.165, 1.54) is 5.56 Å². The first-order valence-electron chi connectivity index (χ1n) is 6.35. The van der Waals surface area contributed by atoms with Crippen molar-refractivity contribution in [1.82, 2.24) is 10.2 Å². The normalized spacial score (nSPS) is 12.9. The number of thiophene rings is 2. The Kier molecular flexibility index (Phi) is 5.52. The lowest BCUT2D eigenvalue weighted by molar-refractivity contribution is -0.116. The molecule has 1 N–H and O–H groups in total. The molecule has 2 aromatic heterocycles. The number of hydrogen-bond acceptors (Lipinski definition) is 4. The number of rotatable bonds is 6. The summed E-state index contributed by atoms with van der Waals surface area (Å²) in [5.41, 5.74) is 1.24. The highest BCUT2D eigenvalue weighted by Crippen LogP contribution is 2.19. The zero-order valence-corrected chi connectivity index (χ0v) is 13.2. The van der Waals surface area contributed by atoms with Crippen LogP contribution in [-0.4, -0.2) is 31.4 Å². The number of nitrogens with one attached hydrogen (secondary N) is 1. The molecule has 1 unspecified atom stereocenters. The van der Waals surface area contributed by atoms with Gasteiger partial charge in [0.2, 0.25) is 5.91 Å². The molecule has 2 rings (SSSR count). The van der Waals surface area contributed by atoms with Gasteiger partial charge >= 0.3 is 0 Å². The molecule has 0 aliphatic heterocycles. The van der Waals surface area contributed by atoms with Crippen molar-refractivity contribution in [1.29, 1.82) is 0 Å². The Hall–Kier alpha value is -1.43. The molecule has 1 atom stereocenters. The van der Waals surface area contributed by atoms with E-state index in [0.717, 1.165) is 4.88 Å². The van der Waals surface area contributed by atoms with E-state index in [4.69, 9.17) is 0 Å². The van der Waals surface area contributed by atoms with Crippen molar-refractivity contribution in [3.63, 3.8) is 0 Å². The molecule has 0 radical (unpaired) electrons. The van der Waals surface area contributed by atoms with Gasteiger partial charge in [0.25, 0.3) is 0 Å². The van der Waals surface area contributed by atoms with Gasteiger partial charge in [-0.05, 0) is 54.0 Å². The largest absolute Gasteiger partial charge is 0.351 e. The smallest absolute Gasteiger partial charge is 0.244 e. The Balaban J connectivity index is 1.88. The molecule has 0 saturated heterocycles. The van der Waals surface area contributed by atoms with Crippen LogP contribution in [0.25, 0.3) is 6.08 Å². The number of likely N-dealkylation sites (N-methyl/N-ethyl adjacent to an activating group) is 1. The Morgan fingerprint density at radius 3 is 2.85 bits per heavy atom.